The van der Waals surface area contributed by atoms with Gasteiger partial charge in [0.05, 0.1) is 16.5 Å². The number of hydrogen-bond donors (Lipinski definition) is 2. The van der Waals surface area contributed by atoms with Crippen LogP contribution in [-0.2, 0) is 10.0 Å². The fraction of sp³-hybridized carbons (Fsp3) is 0.200. The Kier molecular flexibility index (Phi) is 4.20. The van der Waals surface area contributed by atoms with Crippen LogP contribution in [0.5, 0.6) is 0 Å². The van der Waals surface area contributed by atoms with Crippen molar-refractivity contribution >= 4 is 16.0 Å². The standard InChI is InChI=1S/C10H10N2O4S/c11-6-1-7-12-17(15,16)9-4-2-8(3-5-9)10(13)14/h2-5,12H,1,7H2,(H,13,14). The maximum absolute atomic E-state index is 11.6. The van der Waals surface area contributed by atoms with Crippen LogP contribution in [0.1, 0.15) is 16.8 Å². The van der Waals surface area contributed by atoms with Crippen LogP contribution >= 0.6 is 0 Å². The summed E-state index contributed by atoms with van der Waals surface area (Å²) in [4.78, 5) is 10.5. The highest BCUT2D eigenvalue weighted by Crippen LogP contribution is 2.10. The van der Waals surface area contributed by atoms with Crippen molar-refractivity contribution in [3.63, 3.8) is 0 Å². The van der Waals surface area contributed by atoms with Gasteiger partial charge in [0.25, 0.3) is 0 Å². The largest absolute Gasteiger partial charge is 0.478 e. The molecule has 0 saturated heterocycles. The van der Waals surface area contributed by atoms with Gasteiger partial charge in [0, 0.05) is 13.0 Å². The smallest absolute Gasteiger partial charge is 0.335 e. The Hall–Kier alpha value is -1.91. The first kappa shape index (κ1) is 13.2. The van der Waals surface area contributed by atoms with Crippen LogP contribution in [0.2, 0.25) is 0 Å². The van der Waals surface area contributed by atoms with E-state index in [4.69, 9.17) is 10.4 Å². The Balaban J connectivity index is 2.86. The number of benzene rings is 1. The van der Waals surface area contributed by atoms with Crippen molar-refractivity contribution in [1.82, 2.24) is 4.72 Å². The van der Waals surface area contributed by atoms with Gasteiger partial charge < -0.3 is 5.11 Å². The topological polar surface area (TPSA) is 107 Å². The van der Waals surface area contributed by atoms with Crippen molar-refractivity contribution < 1.29 is 18.3 Å². The summed E-state index contributed by atoms with van der Waals surface area (Å²) in [7, 11) is -3.67. The number of aromatic carboxylic acids is 1. The molecule has 0 saturated carbocycles. The normalized spacial score (nSPS) is 10.8. The van der Waals surface area contributed by atoms with Crippen molar-refractivity contribution in [3.8, 4) is 6.07 Å². The molecule has 1 aromatic rings. The van der Waals surface area contributed by atoms with Crippen molar-refractivity contribution in [2.75, 3.05) is 6.54 Å². The minimum atomic E-state index is -3.67. The lowest BCUT2D eigenvalue weighted by atomic mass is 10.2. The van der Waals surface area contributed by atoms with E-state index in [-0.39, 0.29) is 23.4 Å². The quantitative estimate of drug-likeness (QED) is 0.747. The maximum Gasteiger partial charge on any atom is 0.335 e. The van der Waals surface area contributed by atoms with Crippen LogP contribution in [0.15, 0.2) is 29.2 Å². The van der Waals surface area contributed by atoms with Gasteiger partial charge in [-0.25, -0.2) is 17.9 Å². The van der Waals surface area contributed by atoms with Gasteiger partial charge in [-0.15, -0.1) is 0 Å². The summed E-state index contributed by atoms with van der Waals surface area (Å²) in [5.74, 6) is -1.12. The van der Waals surface area contributed by atoms with Crippen LogP contribution in [-0.4, -0.2) is 26.0 Å². The Bertz CT molecular complexity index is 543. The fourth-order valence-corrected chi connectivity index (χ4v) is 2.13. The molecule has 0 aliphatic carbocycles. The van der Waals surface area contributed by atoms with Crippen molar-refractivity contribution in [3.05, 3.63) is 29.8 Å². The Labute approximate surface area is 98.6 Å². The van der Waals surface area contributed by atoms with Crippen LogP contribution in [0.25, 0.3) is 0 Å². The van der Waals surface area contributed by atoms with Gasteiger partial charge in [-0.05, 0) is 24.3 Å². The lowest BCUT2D eigenvalue weighted by molar-refractivity contribution is 0.0696. The molecule has 0 radical (unpaired) electrons. The molecule has 0 amide bonds. The van der Waals surface area contributed by atoms with Crippen LogP contribution in [0, 0.1) is 11.3 Å². The molecule has 2 N–H and O–H groups in total. The van der Waals surface area contributed by atoms with Gasteiger partial charge >= 0.3 is 5.97 Å². The number of nitrogens with one attached hydrogen (secondary N) is 1. The Morgan fingerprint density at radius 1 is 1.35 bits per heavy atom. The highest BCUT2D eigenvalue weighted by atomic mass is 32.2. The average Bonchev–Trinajstić information content (AvgIpc) is 2.29. The van der Waals surface area contributed by atoms with Crippen molar-refractivity contribution in [2.24, 2.45) is 0 Å². The summed E-state index contributed by atoms with van der Waals surface area (Å²) >= 11 is 0. The second-order valence-electron chi connectivity index (χ2n) is 3.14. The van der Waals surface area contributed by atoms with Gasteiger partial charge in [-0.3, -0.25) is 0 Å². The van der Waals surface area contributed by atoms with Crippen molar-refractivity contribution in [1.29, 1.82) is 5.26 Å². The van der Waals surface area contributed by atoms with E-state index in [1.54, 1.807) is 0 Å². The van der Waals surface area contributed by atoms with Gasteiger partial charge in [-0.1, -0.05) is 0 Å². The van der Waals surface area contributed by atoms with Gasteiger partial charge in [0.2, 0.25) is 10.0 Å². The molecule has 0 aromatic heterocycles. The van der Waals surface area contributed by atoms with E-state index in [1.165, 1.54) is 24.3 Å². The summed E-state index contributed by atoms with van der Waals surface area (Å²) in [5, 5.41) is 16.9. The van der Waals surface area contributed by atoms with Crippen LogP contribution in [0.3, 0.4) is 0 Å². The molecule has 0 unspecified atom stereocenters. The molecule has 0 atom stereocenters. The van der Waals surface area contributed by atoms with Gasteiger partial charge in [-0.2, -0.15) is 5.26 Å². The number of carbonyl (C=O) groups is 1. The van der Waals surface area contributed by atoms with E-state index in [9.17, 15) is 13.2 Å². The zero-order chi connectivity index (χ0) is 12.9. The minimum absolute atomic E-state index is 0.0148. The predicted octanol–water partition coefficient (Wildman–Crippen LogP) is 0.577. The Morgan fingerprint density at radius 2 is 1.94 bits per heavy atom. The minimum Gasteiger partial charge on any atom is -0.478 e. The molecule has 0 bridgehead atoms. The third kappa shape index (κ3) is 3.55. The van der Waals surface area contributed by atoms with Gasteiger partial charge in [0.1, 0.15) is 0 Å². The maximum atomic E-state index is 11.6. The van der Waals surface area contributed by atoms with Gasteiger partial charge in [0.15, 0.2) is 0 Å². The fourth-order valence-electron chi connectivity index (χ4n) is 1.10. The lowest BCUT2D eigenvalue weighted by Crippen LogP contribution is -2.24. The first-order valence-electron chi connectivity index (χ1n) is 4.67. The second-order valence-corrected chi connectivity index (χ2v) is 4.90. The lowest BCUT2D eigenvalue weighted by Gasteiger charge is -2.04. The molecular formula is C10H10N2O4S. The summed E-state index contributed by atoms with van der Waals surface area (Å²) in [6.45, 7) is 0.0273. The molecule has 0 heterocycles. The predicted molar refractivity (Wildman–Crippen MR) is 58.8 cm³/mol. The summed E-state index contributed by atoms with van der Waals surface area (Å²) in [6.07, 6.45) is 0.0758. The van der Waals surface area contributed by atoms with Crippen LogP contribution < -0.4 is 4.72 Å². The monoisotopic (exact) mass is 254 g/mol. The number of carboxylic acids is 1. The average molecular weight is 254 g/mol. The van der Waals surface area contributed by atoms with E-state index in [0.717, 1.165) is 0 Å². The molecule has 7 heteroatoms. The molecule has 0 aliphatic rings. The number of rotatable bonds is 5. The highest BCUT2D eigenvalue weighted by molar-refractivity contribution is 7.89. The number of hydrogen-bond acceptors (Lipinski definition) is 4. The van der Waals surface area contributed by atoms with E-state index in [2.05, 4.69) is 4.72 Å². The first-order chi connectivity index (χ1) is 7.97. The van der Waals surface area contributed by atoms with Crippen molar-refractivity contribution in [2.45, 2.75) is 11.3 Å². The number of nitriles is 1. The molecule has 6 nitrogen and oxygen atoms in total. The molecule has 1 aromatic carbocycles. The number of nitrogens with zero attached hydrogens (tertiary/aromatic N) is 1. The molecular weight excluding hydrogens is 244 g/mol. The number of sulfonamides is 1. The number of carboxylic acid groups (broad SMARTS) is 1. The van der Waals surface area contributed by atoms with E-state index in [1.807, 2.05) is 6.07 Å². The zero-order valence-electron chi connectivity index (χ0n) is 8.75. The first-order valence-corrected chi connectivity index (χ1v) is 6.15. The molecule has 90 valence electrons. The molecule has 0 fully saturated rings. The molecule has 1 rings (SSSR count). The molecule has 17 heavy (non-hydrogen) atoms. The summed E-state index contributed by atoms with van der Waals surface area (Å²) in [6, 6.07) is 6.64. The summed E-state index contributed by atoms with van der Waals surface area (Å²) in [5.41, 5.74) is 0.0148. The van der Waals surface area contributed by atoms with E-state index in [0.29, 0.717) is 0 Å². The third-order valence-electron chi connectivity index (χ3n) is 1.94. The second kappa shape index (κ2) is 5.43. The van der Waals surface area contributed by atoms with E-state index < -0.39 is 16.0 Å². The van der Waals surface area contributed by atoms with Crippen LogP contribution in [0.4, 0.5) is 0 Å². The SMILES string of the molecule is N#CCCNS(=O)(=O)c1ccc(C(=O)O)cc1. The highest BCUT2D eigenvalue weighted by Gasteiger charge is 2.13. The van der Waals surface area contributed by atoms with E-state index >= 15 is 0 Å². The third-order valence-corrected chi connectivity index (χ3v) is 3.42. The molecule has 0 spiro atoms. The molecule has 0 aliphatic heterocycles. The zero-order valence-corrected chi connectivity index (χ0v) is 9.57. The Morgan fingerprint density at radius 3 is 2.41 bits per heavy atom. The summed E-state index contributed by atoms with van der Waals surface area (Å²) < 4.78 is 25.5.